The molecule has 0 unspecified atom stereocenters. The van der Waals surface area contributed by atoms with E-state index in [1.807, 2.05) is 18.2 Å². The van der Waals surface area contributed by atoms with Gasteiger partial charge in [-0.25, -0.2) is 4.39 Å². The van der Waals surface area contributed by atoms with E-state index in [0.29, 0.717) is 18.7 Å². The Morgan fingerprint density at radius 3 is 2.62 bits per heavy atom. The number of aromatic amines is 1. The fourth-order valence-electron chi connectivity index (χ4n) is 2.94. The largest absolute Gasteiger partial charge is 0.360 e. The van der Waals surface area contributed by atoms with Gasteiger partial charge in [-0.15, -0.1) is 0 Å². The van der Waals surface area contributed by atoms with Crippen molar-refractivity contribution in [2.45, 2.75) is 18.9 Å². The van der Waals surface area contributed by atoms with Crippen LogP contribution in [0, 0.1) is 5.82 Å². The number of hydrogen-bond donors (Lipinski definition) is 4. The standard InChI is InChI=1S/C20H23FN4O/c21-15-6-3-13(4-7-15)14-5-8-17-18(12-24-19(17)10-14)20(26)25-11-16(23)2-1-9-22/h3-8,10,12,16,24H,1-2,9,11,22-23H2,(H,25,26)/t16-/m0/s1. The molecule has 6 heteroatoms. The average molecular weight is 354 g/mol. The highest BCUT2D eigenvalue weighted by atomic mass is 19.1. The Labute approximate surface area is 151 Å². The molecule has 0 bridgehead atoms. The zero-order chi connectivity index (χ0) is 18.5. The van der Waals surface area contributed by atoms with Crippen LogP contribution < -0.4 is 16.8 Å². The lowest BCUT2D eigenvalue weighted by Gasteiger charge is -2.11. The monoisotopic (exact) mass is 354 g/mol. The number of H-pyrrole nitrogens is 1. The van der Waals surface area contributed by atoms with Crippen LogP contribution in [0.5, 0.6) is 0 Å². The van der Waals surface area contributed by atoms with Crippen molar-refractivity contribution in [3.8, 4) is 11.1 Å². The number of carbonyl (C=O) groups excluding carboxylic acids is 1. The van der Waals surface area contributed by atoms with Gasteiger partial charge in [-0.2, -0.15) is 0 Å². The van der Waals surface area contributed by atoms with Crippen LogP contribution in [0.15, 0.2) is 48.7 Å². The molecule has 0 saturated carbocycles. The molecule has 0 spiro atoms. The van der Waals surface area contributed by atoms with Crippen LogP contribution in [-0.4, -0.2) is 30.0 Å². The minimum absolute atomic E-state index is 0.0993. The van der Waals surface area contributed by atoms with Crippen molar-refractivity contribution < 1.29 is 9.18 Å². The number of fused-ring (bicyclic) bond motifs is 1. The van der Waals surface area contributed by atoms with Gasteiger partial charge in [0.05, 0.1) is 5.56 Å². The summed E-state index contributed by atoms with van der Waals surface area (Å²) < 4.78 is 13.1. The number of benzene rings is 2. The highest BCUT2D eigenvalue weighted by Crippen LogP contribution is 2.26. The summed E-state index contributed by atoms with van der Waals surface area (Å²) in [5, 5.41) is 3.71. The van der Waals surface area contributed by atoms with Crippen molar-refractivity contribution in [1.82, 2.24) is 10.3 Å². The molecule has 0 saturated heterocycles. The molecular formula is C20H23FN4O. The third-order valence-corrected chi connectivity index (χ3v) is 4.41. The quantitative estimate of drug-likeness (QED) is 0.525. The summed E-state index contributed by atoms with van der Waals surface area (Å²) in [7, 11) is 0. The van der Waals surface area contributed by atoms with Gasteiger partial charge >= 0.3 is 0 Å². The first-order chi connectivity index (χ1) is 12.6. The van der Waals surface area contributed by atoms with Crippen molar-refractivity contribution in [1.29, 1.82) is 0 Å². The van der Waals surface area contributed by atoms with E-state index in [0.717, 1.165) is 34.9 Å². The molecule has 0 aliphatic rings. The van der Waals surface area contributed by atoms with Crippen LogP contribution in [-0.2, 0) is 0 Å². The van der Waals surface area contributed by atoms with E-state index in [2.05, 4.69) is 10.3 Å². The molecule has 0 aliphatic carbocycles. The van der Waals surface area contributed by atoms with Gasteiger partial charge in [0.1, 0.15) is 5.82 Å². The predicted molar refractivity (Wildman–Crippen MR) is 102 cm³/mol. The Balaban J connectivity index is 1.74. The number of aromatic nitrogens is 1. The van der Waals surface area contributed by atoms with Crippen LogP contribution in [0.4, 0.5) is 4.39 Å². The number of amides is 1. The third-order valence-electron chi connectivity index (χ3n) is 4.41. The highest BCUT2D eigenvalue weighted by Gasteiger charge is 2.13. The van der Waals surface area contributed by atoms with E-state index in [1.165, 1.54) is 12.1 Å². The van der Waals surface area contributed by atoms with Gasteiger partial charge in [0, 0.05) is 29.7 Å². The van der Waals surface area contributed by atoms with Gasteiger partial charge in [0.15, 0.2) is 0 Å². The minimum Gasteiger partial charge on any atom is -0.360 e. The first-order valence-electron chi connectivity index (χ1n) is 8.69. The lowest BCUT2D eigenvalue weighted by molar-refractivity contribution is 0.0952. The molecule has 3 rings (SSSR count). The van der Waals surface area contributed by atoms with E-state index in [9.17, 15) is 9.18 Å². The number of nitrogens with one attached hydrogen (secondary N) is 2. The number of halogens is 1. The number of nitrogens with two attached hydrogens (primary N) is 2. The molecule has 0 fully saturated rings. The second-order valence-electron chi connectivity index (χ2n) is 6.37. The van der Waals surface area contributed by atoms with Crippen LogP contribution >= 0.6 is 0 Å². The molecule has 0 aliphatic heterocycles. The topological polar surface area (TPSA) is 96.9 Å². The van der Waals surface area contributed by atoms with Gasteiger partial charge in [0.25, 0.3) is 5.91 Å². The molecular weight excluding hydrogens is 331 g/mol. The highest BCUT2D eigenvalue weighted by molar-refractivity contribution is 6.07. The van der Waals surface area contributed by atoms with Gasteiger partial charge in [-0.05, 0) is 48.7 Å². The summed E-state index contributed by atoms with van der Waals surface area (Å²) in [5.74, 6) is -0.424. The van der Waals surface area contributed by atoms with Crippen LogP contribution in [0.3, 0.4) is 0 Å². The summed E-state index contributed by atoms with van der Waals surface area (Å²) >= 11 is 0. The summed E-state index contributed by atoms with van der Waals surface area (Å²) in [4.78, 5) is 15.6. The van der Waals surface area contributed by atoms with Crippen molar-refractivity contribution in [2.24, 2.45) is 11.5 Å². The van der Waals surface area contributed by atoms with E-state index in [1.54, 1.807) is 18.3 Å². The van der Waals surface area contributed by atoms with Gasteiger partial charge < -0.3 is 21.8 Å². The van der Waals surface area contributed by atoms with E-state index < -0.39 is 0 Å². The molecule has 0 radical (unpaired) electrons. The lowest BCUT2D eigenvalue weighted by atomic mass is 10.0. The SMILES string of the molecule is NCCC[C@H](N)CNC(=O)c1c[nH]c2cc(-c3ccc(F)cc3)ccc12. The molecule has 6 N–H and O–H groups in total. The molecule has 1 aromatic heterocycles. The second-order valence-corrected chi connectivity index (χ2v) is 6.37. The fraction of sp³-hybridized carbons (Fsp3) is 0.250. The summed E-state index contributed by atoms with van der Waals surface area (Å²) in [5.41, 5.74) is 14.7. The summed E-state index contributed by atoms with van der Waals surface area (Å²) in [6.45, 7) is 1.01. The van der Waals surface area contributed by atoms with Crippen molar-refractivity contribution in [2.75, 3.05) is 13.1 Å². The Hall–Kier alpha value is -2.70. The Morgan fingerprint density at radius 1 is 1.15 bits per heavy atom. The number of carbonyl (C=O) groups is 1. The summed E-state index contributed by atoms with van der Waals surface area (Å²) in [6, 6.07) is 12.0. The summed E-state index contributed by atoms with van der Waals surface area (Å²) in [6.07, 6.45) is 3.32. The molecule has 3 aromatic rings. The predicted octanol–water partition coefficient (Wildman–Crippen LogP) is 2.77. The molecule has 1 amide bonds. The third kappa shape index (κ3) is 4.09. The molecule has 1 heterocycles. The van der Waals surface area contributed by atoms with Crippen LogP contribution in [0.1, 0.15) is 23.2 Å². The smallest absolute Gasteiger partial charge is 0.253 e. The Kier molecular flexibility index (Phi) is 5.65. The number of hydrogen-bond acceptors (Lipinski definition) is 3. The Morgan fingerprint density at radius 2 is 1.88 bits per heavy atom. The fourth-order valence-corrected chi connectivity index (χ4v) is 2.94. The zero-order valence-corrected chi connectivity index (χ0v) is 14.5. The molecule has 5 nitrogen and oxygen atoms in total. The molecule has 2 aromatic carbocycles. The van der Waals surface area contributed by atoms with Crippen LogP contribution in [0.2, 0.25) is 0 Å². The van der Waals surface area contributed by atoms with Crippen molar-refractivity contribution in [3.63, 3.8) is 0 Å². The second kappa shape index (κ2) is 8.12. The zero-order valence-electron chi connectivity index (χ0n) is 14.5. The molecule has 136 valence electrons. The maximum absolute atomic E-state index is 13.1. The normalized spacial score (nSPS) is 12.3. The van der Waals surface area contributed by atoms with Crippen molar-refractivity contribution in [3.05, 3.63) is 60.0 Å². The van der Waals surface area contributed by atoms with Gasteiger partial charge in [-0.3, -0.25) is 4.79 Å². The van der Waals surface area contributed by atoms with Crippen LogP contribution in [0.25, 0.3) is 22.0 Å². The van der Waals surface area contributed by atoms with E-state index >= 15 is 0 Å². The molecule has 1 atom stereocenters. The van der Waals surface area contributed by atoms with Gasteiger partial charge in [0.2, 0.25) is 0 Å². The first kappa shape index (κ1) is 18.1. The van der Waals surface area contributed by atoms with Gasteiger partial charge in [-0.1, -0.05) is 24.3 Å². The van der Waals surface area contributed by atoms with E-state index in [-0.39, 0.29) is 17.8 Å². The van der Waals surface area contributed by atoms with E-state index in [4.69, 9.17) is 11.5 Å². The lowest BCUT2D eigenvalue weighted by Crippen LogP contribution is -2.37. The Bertz CT molecular complexity index is 888. The average Bonchev–Trinajstić information content (AvgIpc) is 3.08. The maximum Gasteiger partial charge on any atom is 0.253 e. The maximum atomic E-state index is 13.1. The van der Waals surface area contributed by atoms with Crippen molar-refractivity contribution >= 4 is 16.8 Å². The minimum atomic E-state index is -0.265. The first-order valence-corrected chi connectivity index (χ1v) is 8.69. The number of rotatable bonds is 7. The molecule has 26 heavy (non-hydrogen) atoms.